The summed E-state index contributed by atoms with van der Waals surface area (Å²) in [5, 5.41) is 4.84. The summed E-state index contributed by atoms with van der Waals surface area (Å²) in [6.07, 6.45) is 0. The van der Waals surface area contributed by atoms with Crippen LogP contribution in [0.25, 0.3) is 22.2 Å². The highest BCUT2D eigenvalue weighted by atomic mass is 35.5. The van der Waals surface area contributed by atoms with Crippen molar-refractivity contribution in [2.75, 3.05) is 11.9 Å². The zero-order chi connectivity index (χ0) is 23.7. The quantitative estimate of drug-likeness (QED) is 0.314. The number of nitrogens with one attached hydrogen (secondary N) is 1. The third kappa shape index (κ3) is 4.36. The number of fused-ring (bicyclic) bond motifs is 1. The summed E-state index contributed by atoms with van der Waals surface area (Å²) in [5.41, 5.74) is 4.77. The SMILES string of the molecule is CCOC(=O)c1c(NC(=O)c2c(C)c(-c3ccc(Cl)cc3)nc3ccccc23)sc(C)c1C. The van der Waals surface area contributed by atoms with Gasteiger partial charge in [-0.15, -0.1) is 11.3 Å². The van der Waals surface area contributed by atoms with Crippen molar-refractivity contribution in [2.45, 2.75) is 27.7 Å². The summed E-state index contributed by atoms with van der Waals surface area (Å²) in [4.78, 5) is 32.0. The van der Waals surface area contributed by atoms with Gasteiger partial charge in [0.05, 0.1) is 28.9 Å². The van der Waals surface area contributed by atoms with Crippen LogP contribution in [-0.2, 0) is 4.74 Å². The van der Waals surface area contributed by atoms with Gasteiger partial charge in [0.15, 0.2) is 0 Å². The molecule has 0 atom stereocenters. The molecule has 5 nitrogen and oxygen atoms in total. The molecule has 0 saturated carbocycles. The minimum atomic E-state index is -0.437. The molecule has 0 aliphatic rings. The van der Waals surface area contributed by atoms with Gasteiger partial charge >= 0.3 is 5.97 Å². The number of hydrogen-bond acceptors (Lipinski definition) is 5. The topological polar surface area (TPSA) is 68.3 Å². The van der Waals surface area contributed by atoms with Crippen LogP contribution in [0.2, 0.25) is 5.02 Å². The molecule has 0 bridgehead atoms. The number of rotatable bonds is 5. The molecule has 2 aromatic heterocycles. The van der Waals surface area contributed by atoms with Gasteiger partial charge in [0.1, 0.15) is 5.00 Å². The lowest BCUT2D eigenvalue weighted by Crippen LogP contribution is -2.17. The maximum atomic E-state index is 13.6. The fourth-order valence-electron chi connectivity index (χ4n) is 3.82. The monoisotopic (exact) mass is 478 g/mol. The number of thiophene rings is 1. The Balaban J connectivity index is 1.84. The largest absolute Gasteiger partial charge is 0.462 e. The van der Waals surface area contributed by atoms with Gasteiger partial charge in [-0.3, -0.25) is 4.79 Å². The molecule has 0 fully saturated rings. The van der Waals surface area contributed by atoms with Crippen molar-refractivity contribution in [1.29, 1.82) is 0 Å². The first kappa shape index (κ1) is 23.0. The van der Waals surface area contributed by atoms with Crippen molar-refractivity contribution >= 4 is 50.7 Å². The third-order valence-electron chi connectivity index (χ3n) is 5.57. The number of aromatic nitrogens is 1. The van der Waals surface area contributed by atoms with E-state index in [0.717, 1.165) is 27.0 Å². The second-order valence-corrected chi connectivity index (χ2v) is 9.31. The van der Waals surface area contributed by atoms with Crippen molar-refractivity contribution in [3.8, 4) is 11.3 Å². The average molecular weight is 479 g/mol. The van der Waals surface area contributed by atoms with Crippen LogP contribution in [0.5, 0.6) is 0 Å². The second kappa shape index (κ2) is 9.33. The minimum absolute atomic E-state index is 0.263. The standard InChI is InChI=1S/C26H23ClN2O3S/c1-5-32-26(31)22-14(2)16(4)33-25(22)29-24(30)21-15(3)23(17-10-12-18(27)13-11-17)28-20-9-7-6-8-19(20)21/h6-13H,5H2,1-4H3,(H,29,30). The molecule has 2 aromatic carbocycles. The number of hydrogen-bond donors (Lipinski definition) is 1. The lowest BCUT2D eigenvalue weighted by Gasteiger charge is -2.15. The Labute approximate surface area is 201 Å². The molecule has 0 aliphatic carbocycles. The van der Waals surface area contributed by atoms with Crippen LogP contribution in [-0.4, -0.2) is 23.5 Å². The number of aryl methyl sites for hydroxylation is 1. The van der Waals surface area contributed by atoms with E-state index in [-0.39, 0.29) is 12.5 Å². The zero-order valence-corrected chi connectivity index (χ0v) is 20.4. The maximum Gasteiger partial charge on any atom is 0.341 e. The van der Waals surface area contributed by atoms with Gasteiger partial charge in [0.2, 0.25) is 0 Å². The molecular formula is C26H23ClN2O3S. The van der Waals surface area contributed by atoms with Gasteiger partial charge in [0.25, 0.3) is 5.91 Å². The second-order valence-electron chi connectivity index (χ2n) is 7.65. The number of amides is 1. The number of pyridine rings is 1. The average Bonchev–Trinajstić information content (AvgIpc) is 3.07. The van der Waals surface area contributed by atoms with Crippen LogP contribution < -0.4 is 5.32 Å². The van der Waals surface area contributed by atoms with Gasteiger partial charge in [-0.1, -0.05) is 41.9 Å². The molecule has 4 aromatic rings. The smallest absolute Gasteiger partial charge is 0.341 e. The van der Waals surface area contributed by atoms with Gasteiger partial charge < -0.3 is 10.1 Å². The van der Waals surface area contributed by atoms with E-state index in [0.29, 0.717) is 32.4 Å². The Hall–Kier alpha value is -3.22. The van der Waals surface area contributed by atoms with E-state index in [1.165, 1.54) is 11.3 Å². The molecule has 0 radical (unpaired) electrons. The van der Waals surface area contributed by atoms with Gasteiger partial charge in [-0.2, -0.15) is 0 Å². The van der Waals surface area contributed by atoms with Crippen LogP contribution in [0.4, 0.5) is 5.00 Å². The van der Waals surface area contributed by atoms with Crippen LogP contribution >= 0.6 is 22.9 Å². The first-order valence-electron chi connectivity index (χ1n) is 10.6. The molecule has 0 spiro atoms. The van der Waals surface area contributed by atoms with Crippen LogP contribution in [0.3, 0.4) is 0 Å². The number of ether oxygens (including phenoxy) is 1. The van der Waals surface area contributed by atoms with Crippen molar-refractivity contribution in [2.24, 2.45) is 0 Å². The number of carbonyl (C=O) groups is 2. The highest BCUT2D eigenvalue weighted by Gasteiger charge is 2.25. The van der Waals surface area contributed by atoms with E-state index in [1.54, 1.807) is 19.1 Å². The lowest BCUT2D eigenvalue weighted by molar-refractivity contribution is 0.0527. The summed E-state index contributed by atoms with van der Waals surface area (Å²) < 4.78 is 5.23. The van der Waals surface area contributed by atoms with Crippen molar-refractivity contribution in [3.63, 3.8) is 0 Å². The third-order valence-corrected chi connectivity index (χ3v) is 6.95. The molecule has 33 heavy (non-hydrogen) atoms. The fourth-order valence-corrected chi connectivity index (χ4v) is 4.99. The Bertz CT molecular complexity index is 1380. The molecule has 0 unspecified atom stereocenters. The Morgan fingerprint density at radius 3 is 2.39 bits per heavy atom. The molecule has 168 valence electrons. The van der Waals surface area contributed by atoms with Gasteiger partial charge in [-0.05, 0) is 57.0 Å². The summed E-state index contributed by atoms with van der Waals surface area (Å²) in [7, 11) is 0. The Morgan fingerprint density at radius 2 is 1.70 bits per heavy atom. The van der Waals surface area contributed by atoms with E-state index >= 15 is 0 Å². The van der Waals surface area contributed by atoms with Crippen LogP contribution in [0, 0.1) is 20.8 Å². The Kier molecular flexibility index (Phi) is 6.49. The molecule has 1 N–H and O–H groups in total. The molecule has 1 amide bonds. The van der Waals surface area contributed by atoms with E-state index in [1.807, 2.05) is 57.2 Å². The first-order chi connectivity index (χ1) is 15.8. The predicted molar refractivity (Wildman–Crippen MR) is 135 cm³/mol. The molecule has 4 rings (SSSR count). The van der Waals surface area contributed by atoms with Gasteiger partial charge in [0, 0.05) is 20.8 Å². The number of carbonyl (C=O) groups excluding carboxylic acids is 2. The molecule has 7 heteroatoms. The minimum Gasteiger partial charge on any atom is -0.462 e. The number of esters is 1. The number of anilines is 1. The van der Waals surface area contributed by atoms with Crippen LogP contribution in [0.15, 0.2) is 48.5 Å². The molecule has 0 saturated heterocycles. The van der Waals surface area contributed by atoms with Gasteiger partial charge in [-0.25, -0.2) is 9.78 Å². The van der Waals surface area contributed by atoms with Crippen molar-refractivity contribution in [3.05, 3.63) is 80.7 Å². The lowest BCUT2D eigenvalue weighted by atomic mass is 9.97. The summed E-state index contributed by atoms with van der Waals surface area (Å²) in [6, 6.07) is 14.9. The van der Waals surface area contributed by atoms with E-state index < -0.39 is 5.97 Å². The number of para-hydroxylation sites is 1. The summed E-state index contributed by atoms with van der Waals surface area (Å²) in [5.74, 6) is -0.735. The molecule has 2 heterocycles. The van der Waals surface area contributed by atoms with E-state index in [9.17, 15) is 9.59 Å². The fraction of sp³-hybridized carbons (Fsp3) is 0.192. The van der Waals surface area contributed by atoms with Crippen molar-refractivity contribution in [1.82, 2.24) is 4.98 Å². The zero-order valence-electron chi connectivity index (χ0n) is 18.8. The summed E-state index contributed by atoms with van der Waals surface area (Å²) in [6.45, 7) is 7.69. The van der Waals surface area contributed by atoms with Crippen molar-refractivity contribution < 1.29 is 14.3 Å². The number of benzene rings is 2. The van der Waals surface area contributed by atoms with Crippen LogP contribution in [0.1, 0.15) is 43.6 Å². The highest BCUT2D eigenvalue weighted by molar-refractivity contribution is 7.16. The number of halogens is 1. The highest BCUT2D eigenvalue weighted by Crippen LogP contribution is 2.35. The summed E-state index contributed by atoms with van der Waals surface area (Å²) >= 11 is 7.43. The van der Waals surface area contributed by atoms with E-state index in [4.69, 9.17) is 21.3 Å². The molecular weight excluding hydrogens is 456 g/mol. The maximum absolute atomic E-state index is 13.6. The normalized spacial score (nSPS) is 10.9. The molecule has 0 aliphatic heterocycles. The van der Waals surface area contributed by atoms with E-state index in [2.05, 4.69) is 5.32 Å². The first-order valence-corrected chi connectivity index (χ1v) is 11.7. The Morgan fingerprint density at radius 1 is 1.00 bits per heavy atom. The number of nitrogens with zero attached hydrogens (tertiary/aromatic N) is 1. The predicted octanol–water partition coefficient (Wildman–Crippen LogP) is 6.97.